The normalized spacial score (nSPS) is 10.9. The number of aryl methyl sites for hydroxylation is 1. The molecule has 4 aromatic rings. The van der Waals surface area contributed by atoms with Crippen LogP contribution in [0.1, 0.15) is 33.5 Å². The van der Waals surface area contributed by atoms with Gasteiger partial charge in [0.2, 0.25) is 0 Å². The Hall–Kier alpha value is -3.87. The van der Waals surface area contributed by atoms with Gasteiger partial charge >= 0.3 is 5.97 Å². The molecule has 7 heteroatoms. The molecular formula is C22H18N4O3. The van der Waals surface area contributed by atoms with E-state index in [2.05, 4.69) is 15.1 Å². The van der Waals surface area contributed by atoms with Crippen molar-refractivity contribution < 1.29 is 14.3 Å². The number of carbonyl (C=O) groups excluding carboxylic acids is 2. The summed E-state index contributed by atoms with van der Waals surface area (Å²) in [5, 5.41) is 5.24. The van der Waals surface area contributed by atoms with Crippen LogP contribution in [-0.2, 0) is 4.74 Å². The van der Waals surface area contributed by atoms with Crippen LogP contribution in [0.4, 0.5) is 0 Å². The van der Waals surface area contributed by atoms with Gasteiger partial charge in [0.15, 0.2) is 11.6 Å². The lowest BCUT2D eigenvalue weighted by Gasteiger charge is -2.06. The van der Waals surface area contributed by atoms with Crippen molar-refractivity contribution in [2.24, 2.45) is 0 Å². The van der Waals surface area contributed by atoms with Crippen LogP contribution >= 0.6 is 0 Å². The van der Waals surface area contributed by atoms with Crippen molar-refractivity contribution in [2.75, 3.05) is 7.11 Å². The van der Waals surface area contributed by atoms with E-state index in [9.17, 15) is 9.59 Å². The van der Waals surface area contributed by atoms with Crippen molar-refractivity contribution in [1.29, 1.82) is 0 Å². The molecule has 0 fully saturated rings. The quantitative estimate of drug-likeness (QED) is 0.392. The van der Waals surface area contributed by atoms with Gasteiger partial charge in [0, 0.05) is 29.8 Å². The lowest BCUT2D eigenvalue weighted by molar-refractivity contribution is 0.0603. The number of ether oxygens (including phenoxy) is 1. The number of benzene rings is 1. The Morgan fingerprint density at radius 3 is 2.55 bits per heavy atom. The van der Waals surface area contributed by atoms with Crippen LogP contribution in [0, 0.1) is 6.92 Å². The SMILES string of the molecule is COC(=O)c1cc(-c2cccc(C(C)=O)n2)cc2nn(-c3cccc(C)n3)cc12. The summed E-state index contributed by atoms with van der Waals surface area (Å²) in [6.45, 7) is 3.37. The smallest absolute Gasteiger partial charge is 0.338 e. The highest BCUT2D eigenvalue weighted by atomic mass is 16.5. The van der Waals surface area contributed by atoms with E-state index in [0.717, 1.165) is 5.69 Å². The Bertz CT molecular complexity index is 1260. The van der Waals surface area contributed by atoms with Crippen LogP contribution in [0.5, 0.6) is 0 Å². The number of fused-ring (bicyclic) bond motifs is 1. The lowest BCUT2D eigenvalue weighted by atomic mass is 10.0. The van der Waals surface area contributed by atoms with Crippen molar-refractivity contribution in [2.45, 2.75) is 13.8 Å². The van der Waals surface area contributed by atoms with Gasteiger partial charge < -0.3 is 4.74 Å². The second kappa shape index (κ2) is 7.27. The first-order valence-electron chi connectivity index (χ1n) is 9.00. The largest absolute Gasteiger partial charge is 0.465 e. The number of rotatable bonds is 4. The number of carbonyl (C=O) groups is 2. The van der Waals surface area contributed by atoms with Gasteiger partial charge in [-0.05, 0) is 43.3 Å². The van der Waals surface area contributed by atoms with Gasteiger partial charge in [-0.2, -0.15) is 5.10 Å². The second-order valence-electron chi connectivity index (χ2n) is 6.62. The third kappa shape index (κ3) is 3.50. The molecular weight excluding hydrogens is 368 g/mol. The van der Waals surface area contributed by atoms with Crippen molar-refractivity contribution in [1.82, 2.24) is 19.7 Å². The molecule has 7 nitrogen and oxygen atoms in total. The minimum absolute atomic E-state index is 0.129. The topological polar surface area (TPSA) is 87.0 Å². The maximum Gasteiger partial charge on any atom is 0.338 e. The first-order chi connectivity index (χ1) is 14.0. The maximum absolute atomic E-state index is 12.4. The second-order valence-corrected chi connectivity index (χ2v) is 6.62. The van der Waals surface area contributed by atoms with Gasteiger partial charge in [-0.15, -0.1) is 0 Å². The standard InChI is InChI=1S/C22H18N4O3/c1-13-6-4-9-21(23-13)26-12-17-16(22(28)29-3)10-15(11-20(17)25-26)19-8-5-7-18(24-19)14(2)27/h4-12H,1-3H3. The monoisotopic (exact) mass is 386 g/mol. The Balaban J connectivity index is 1.93. The predicted octanol–water partition coefficient (Wildman–Crippen LogP) is 3.78. The number of hydrogen-bond acceptors (Lipinski definition) is 6. The maximum atomic E-state index is 12.4. The molecule has 29 heavy (non-hydrogen) atoms. The van der Waals surface area contributed by atoms with Crippen LogP contribution in [0.15, 0.2) is 54.7 Å². The molecule has 0 unspecified atom stereocenters. The molecule has 0 N–H and O–H groups in total. The third-order valence-electron chi connectivity index (χ3n) is 4.54. The van der Waals surface area contributed by atoms with Crippen LogP contribution in [0.25, 0.3) is 28.0 Å². The highest BCUT2D eigenvalue weighted by Gasteiger charge is 2.17. The first kappa shape index (κ1) is 18.5. The van der Waals surface area contributed by atoms with Crippen molar-refractivity contribution in [3.8, 4) is 17.1 Å². The highest BCUT2D eigenvalue weighted by molar-refractivity contribution is 6.05. The molecule has 144 valence electrons. The van der Waals surface area contributed by atoms with Crippen molar-refractivity contribution in [3.63, 3.8) is 0 Å². The summed E-state index contributed by atoms with van der Waals surface area (Å²) in [7, 11) is 1.34. The van der Waals surface area contributed by atoms with Crippen LogP contribution in [0.3, 0.4) is 0 Å². The molecule has 0 saturated carbocycles. The Labute approximate surface area is 167 Å². The van der Waals surface area contributed by atoms with Crippen molar-refractivity contribution >= 4 is 22.7 Å². The van der Waals surface area contributed by atoms with Gasteiger partial charge in [-0.3, -0.25) is 4.79 Å². The molecule has 4 rings (SSSR count). The molecule has 0 aliphatic carbocycles. The Morgan fingerprint density at radius 2 is 1.83 bits per heavy atom. The molecule has 0 spiro atoms. The third-order valence-corrected chi connectivity index (χ3v) is 4.54. The van der Waals surface area contributed by atoms with E-state index in [-0.39, 0.29) is 5.78 Å². The van der Waals surface area contributed by atoms with E-state index >= 15 is 0 Å². The van der Waals surface area contributed by atoms with E-state index in [1.165, 1.54) is 14.0 Å². The number of methoxy groups -OCH3 is 1. The number of ketones is 1. The fourth-order valence-corrected chi connectivity index (χ4v) is 3.12. The fraction of sp³-hybridized carbons (Fsp3) is 0.136. The molecule has 0 amide bonds. The minimum Gasteiger partial charge on any atom is -0.465 e. The molecule has 0 saturated heterocycles. The number of hydrogen-bond donors (Lipinski definition) is 0. The number of aromatic nitrogens is 4. The lowest BCUT2D eigenvalue weighted by Crippen LogP contribution is -2.03. The zero-order chi connectivity index (χ0) is 20.5. The zero-order valence-corrected chi connectivity index (χ0v) is 16.2. The van der Waals surface area contributed by atoms with E-state index in [4.69, 9.17) is 4.74 Å². The van der Waals surface area contributed by atoms with E-state index in [1.807, 2.05) is 31.2 Å². The molecule has 3 heterocycles. The summed E-state index contributed by atoms with van der Waals surface area (Å²) in [5.74, 6) is 0.0440. The van der Waals surface area contributed by atoms with E-state index in [1.54, 1.807) is 35.1 Å². The highest BCUT2D eigenvalue weighted by Crippen LogP contribution is 2.28. The molecule has 0 aliphatic heterocycles. The van der Waals surface area contributed by atoms with Crippen LogP contribution in [0.2, 0.25) is 0 Å². The Morgan fingerprint density at radius 1 is 1.03 bits per heavy atom. The van der Waals surface area contributed by atoms with Crippen molar-refractivity contribution in [3.05, 3.63) is 71.7 Å². The summed E-state index contributed by atoms with van der Waals surface area (Å²) in [6, 6.07) is 14.4. The zero-order valence-electron chi connectivity index (χ0n) is 16.2. The van der Waals surface area contributed by atoms with E-state index < -0.39 is 5.97 Å². The summed E-state index contributed by atoms with van der Waals surface area (Å²) in [5.41, 5.74) is 3.43. The van der Waals surface area contributed by atoms with Gasteiger partial charge in [0.05, 0.1) is 23.9 Å². The minimum atomic E-state index is -0.476. The van der Waals surface area contributed by atoms with Gasteiger partial charge in [-0.1, -0.05) is 12.1 Å². The summed E-state index contributed by atoms with van der Waals surface area (Å²) < 4.78 is 6.60. The first-order valence-corrected chi connectivity index (χ1v) is 9.00. The fourth-order valence-electron chi connectivity index (χ4n) is 3.12. The van der Waals surface area contributed by atoms with Gasteiger partial charge in [0.25, 0.3) is 0 Å². The summed E-state index contributed by atoms with van der Waals surface area (Å²) in [4.78, 5) is 33.0. The predicted molar refractivity (Wildman–Crippen MR) is 108 cm³/mol. The molecule has 0 radical (unpaired) electrons. The number of Topliss-reactive ketones (excluding diaryl/α,β-unsaturated/α-hetero) is 1. The number of esters is 1. The molecule has 3 aromatic heterocycles. The Kier molecular flexibility index (Phi) is 4.64. The van der Waals surface area contributed by atoms with E-state index in [0.29, 0.717) is 39.2 Å². The van der Waals surface area contributed by atoms with Crippen LogP contribution < -0.4 is 0 Å². The average Bonchev–Trinajstić information content (AvgIpc) is 3.17. The van der Waals surface area contributed by atoms with Crippen LogP contribution in [-0.4, -0.2) is 38.6 Å². The van der Waals surface area contributed by atoms with Gasteiger partial charge in [0.1, 0.15) is 5.69 Å². The number of nitrogens with zero attached hydrogens (tertiary/aromatic N) is 4. The number of pyridine rings is 2. The van der Waals surface area contributed by atoms with Gasteiger partial charge in [-0.25, -0.2) is 19.4 Å². The molecule has 1 aromatic carbocycles. The average molecular weight is 386 g/mol. The molecule has 0 aliphatic rings. The summed E-state index contributed by atoms with van der Waals surface area (Å²) >= 11 is 0. The molecule has 0 atom stereocenters. The summed E-state index contributed by atoms with van der Waals surface area (Å²) in [6.07, 6.45) is 1.76. The molecule has 0 bridgehead atoms.